The largest absolute Gasteiger partial charge is 0.376 e. The molecule has 2 amide bonds. The van der Waals surface area contributed by atoms with E-state index in [2.05, 4.69) is 10.6 Å². The summed E-state index contributed by atoms with van der Waals surface area (Å²) in [4.78, 5) is 26.4. The van der Waals surface area contributed by atoms with Crippen LogP contribution in [0, 0.1) is 18.7 Å². The lowest BCUT2D eigenvalue weighted by atomic mass is 10.1. The molecule has 0 radical (unpaired) electrons. The Labute approximate surface area is 200 Å². The minimum atomic E-state index is -3.81. The second-order valence-electron chi connectivity index (χ2n) is 8.73. The third-order valence-corrected chi connectivity index (χ3v) is 7.51. The van der Waals surface area contributed by atoms with E-state index in [1.807, 2.05) is 20.8 Å². The fourth-order valence-electron chi connectivity index (χ4n) is 3.64. The summed E-state index contributed by atoms with van der Waals surface area (Å²) in [6.07, 6.45) is 0. The van der Waals surface area contributed by atoms with Gasteiger partial charge in [-0.25, -0.2) is 12.8 Å². The molecule has 0 aromatic heterocycles. The maximum absolute atomic E-state index is 13.4. The number of benzene rings is 2. The highest BCUT2D eigenvalue weighted by atomic mass is 32.2. The molecule has 8 nitrogen and oxygen atoms in total. The highest BCUT2D eigenvalue weighted by molar-refractivity contribution is 7.89. The Bertz CT molecular complexity index is 1150. The molecule has 1 fully saturated rings. The van der Waals surface area contributed by atoms with Gasteiger partial charge in [-0.15, -0.1) is 0 Å². The van der Waals surface area contributed by atoms with Gasteiger partial charge >= 0.3 is 0 Å². The number of anilines is 1. The molecule has 1 saturated heterocycles. The van der Waals surface area contributed by atoms with Crippen LogP contribution in [-0.4, -0.2) is 68.7 Å². The molecular formula is C24H31FN4O4S. The summed E-state index contributed by atoms with van der Waals surface area (Å²) in [6.45, 7) is 7.36. The van der Waals surface area contributed by atoms with Crippen LogP contribution in [0.2, 0.25) is 0 Å². The van der Waals surface area contributed by atoms with Crippen molar-refractivity contribution < 1.29 is 22.4 Å². The summed E-state index contributed by atoms with van der Waals surface area (Å²) in [5.74, 6) is -0.535. The van der Waals surface area contributed by atoms with Crippen LogP contribution in [0.1, 0.15) is 29.8 Å². The second kappa shape index (κ2) is 11.0. The molecule has 10 heteroatoms. The summed E-state index contributed by atoms with van der Waals surface area (Å²) in [5.41, 5.74) is 2.16. The van der Waals surface area contributed by atoms with E-state index in [4.69, 9.17) is 0 Å². The molecule has 34 heavy (non-hydrogen) atoms. The van der Waals surface area contributed by atoms with Crippen LogP contribution in [0.5, 0.6) is 0 Å². The molecule has 1 heterocycles. The zero-order valence-corrected chi connectivity index (χ0v) is 20.5. The molecule has 2 aromatic carbocycles. The van der Waals surface area contributed by atoms with Gasteiger partial charge in [-0.3, -0.25) is 9.59 Å². The smallest absolute Gasteiger partial charge is 0.251 e. The first-order chi connectivity index (χ1) is 16.1. The zero-order chi connectivity index (χ0) is 24.9. The Morgan fingerprint density at radius 2 is 1.76 bits per heavy atom. The van der Waals surface area contributed by atoms with E-state index in [0.29, 0.717) is 18.0 Å². The van der Waals surface area contributed by atoms with Gasteiger partial charge in [-0.2, -0.15) is 4.31 Å². The third kappa shape index (κ3) is 6.32. The molecule has 0 atom stereocenters. The zero-order valence-electron chi connectivity index (χ0n) is 19.7. The van der Waals surface area contributed by atoms with Crippen LogP contribution in [0.3, 0.4) is 0 Å². The van der Waals surface area contributed by atoms with Gasteiger partial charge in [0, 0.05) is 44.0 Å². The number of carbonyl (C=O) groups excluding carboxylic acids is 2. The number of nitrogens with zero attached hydrogens (tertiary/aromatic N) is 2. The SMILES string of the molecule is Cc1cc(C(=O)NCC(C)C)ccc1NCC(=O)N1CCN(S(=O)(=O)c2cccc(F)c2)CC1. The van der Waals surface area contributed by atoms with Crippen molar-refractivity contribution in [2.45, 2.75) is 25.7 Å². The van der Waals surface area contributed by atoms with Gasteiger partial charge in [0.2, 0.25) is 15.9 Å². The number of carbonyl (C=O) groups is 2. The molecule has 184 valence electrons. The van der Waals surface area contributed by atoms with E-state index in [1.165, 1.54) is 22.5 Å². The normalized spacial score (nSPS) is 14.8. The topological polar surface area (TPSA) is 98.8 Å². The molecule has 0 unspecified atom stereocenters. The summed E-state index contributed by atoms with van der Waals surface area (Å²) in [5, 5.41) is 5.98. The van der Waals surface area contributed by atoms with E-state index >= 15 is 0 Å². The van der Waals surface area contributed by atoms with Gasteiger partial charge in [-0.05, 0) is 54.8 Å². The van der Waals surface area contributed by atoms with Crippen molar-refractivity contribution in [1.82, 2.24) is 14.5 Å². The molecule has 0 bridgehead atoms. The predicted molar refractivity (Wildman–Crippen MR) is 129 cm³/mol. The first kappa shape index (κ1) is 25.6. The van der Waals surface area contributed by atoms with Crippen molar-refractivity contribution in [2.75, 3.05) is 44.6 Å². The number of hydrogen-bond acceptors (Lipinski definition) is 5. The minimum Gasteiger partial charge on any atom is -0.376 e. The van der Waals surface area contributed by atoms with Gasteiger partial charge in [0.05, 0.1) is 11.4 Å². The first-order valence-electron chi connectivity index (χ1n) is 11.2. The van der Waals surface area contributed by atoms with Gasteiger partial charge in [-0.1, -0.05) is 19.9 Å². The maximum atomic E-state index is 13.4. The first-order valence-corrected chi connectivity index (χ1v) is 12.7. The van der Waals surface area contributed by atoms with Crippen molar-refractivity contribution >= 4 is 27.5 Å². The van der Waals surface area contributed by atoms with Crippen LogP contribution >= 0.6 is 0 Å². The number of halogens is 1. The molecule has 2 aromatic rings. The fraction of sp³-hybridized carbons (Fsp3) is 0.417. The van der Waals surface area contributed by atoms with Gasteiger partial charge < -0.3 is 15.5 Å². The molecular weight excluding hydrogens is 459 g/mol. The molecule has 3 rings (SSSR count). The number of hydrogen-bond donors (Lipinski definition) is 2. The lowest BCUT2D eigenvalue weighted by Crippen LogP contribution is -2.51. The lowest BCUT2D eigenvalue weighted by molar-refractivity contribution is -0.130. The van der Waals surface area contributed by atoms with Crippen molar-refractivity contribution in [3.8, 4) is 0 Å². The van der Waals surface area contributed by atoms with Crippen molar-refractivity contribution in [3.63, 3.8) is 0 Å². The quantitative estimate of drug-likeness (QED) is 0.592. The molecule has 2 N–H and O–H groups in total. The molecule has 1 aliphatic rings. The molecule has 1 aliphatic heterocycles. The van der Waals surface area contributed by atoms with E-state index < -0.39 is 15.8 Å². The van der Waals surface area contributed by atoms with E-state index in [1.54, 1.807) is 23.1 Å². The Morgan fingerprint density at radius 3 is 2.38 bits per heavy atom. The van der Waals surface area contributed by atoms with Crippen LogP contribution in [0.25, 0.3) is 0 Å². The van der Waals surface area contributed by atoms with Crippen LogP contribution in [0.15, 0.2) is 47.4 Å². The molecule has 0 saturated carbocycles. The van der Waals surface area contributed by atoms with Gasteiger partial charge in [0.1, 0.15) is 5.82 Å². The van der Waals surface area contributed by atoms with Gasteiger partial charge in [0.15, 0.2) is 0 Å². The monoisotopic (exact) mass is 490 g/mol. The van der Waals surface area contributed by atoms with Gasteiger partial charge in [0.25, 0.3) is 5.91 Å². The van der Waals surface area contributed by atoms with Crippen molar-refractivity contribution in [3.05, 3.63) is 59.4 Å². The average Bonchev–Trinajstić information content (AvgIpc) is 2.81. The van der Waals surface area contributed by atoms with Crippen molar-refractivity contribution in [1.29, 1.82) is 0 Å². The summed E-state index contributed by atoms with van der Waals surface area (Å²) >= 11 is 0. The number of aryl methyl sites for hydroxylation is 1. The number of rotatable bonds is 8. The Hall–Kier alpha value is -2.98. The number of sulfonamides is 1. The third-order valence-electron chi connectivity index (χ3n) is 5.61. The van der Waals surface area contributed by atoms with Crippen LogP contribution in [-0.2, 0) is 14.8 Å². The number of amides is 2. The fourth-order valence-corrected chi connectivity index (χ4v) is 5.09. The standard InChI is InChI=1S/C24H31FN4O4S/c1-17(2)15-27-24(31)19-7-8-22(18(3)13-19)26-16-23(30)28-9-11-29(12-10-28)34(32,33)21-6-4-5-20(25)14-21/h4-8,13-14,17,26H,9-12,15-16H2,1-3H3,(H,27,31). The highest BCUT2D eigenvalue weighted by Gasteiger charge is 2.30. The predicted octanol–water partition coefficient (Wildman–Crippen LogP) is 2.46. The average molecular weight is 491 g/mol. The van der Waals surface area contributed by atoms with Crippen LogP contribution in [0.4, 0.5) is 10.1 Å². The van der Waals surface area contributed by atoms with Crippen molar-refractivity contribution in [2.24, 2.45) is 5.92 Å². The maximum Gasteiger partial charge on any atom is 0.251 e. The number of piperazine rings is 1. The lowest BCUT2D eigenvalue weighted by Gasteiger charge is -2.34. The van der Waals surface area contributed by atoms with E-state index in [-0.39, 0.29) is 49.4 Å². The summed E-state index contributed by atoms with van der Waals surface area (Å²) < 4.78 is 40.2. The summed E-state index contributed by atoms with van der Waals surface area (Å²) in [7, 11) is -3.81. The highest BCUT2D eigenvalue weighted by Crippen LogP contribution is 2.19. The Balaban J connectivity index is 1.52. The number of nitrogens with one attached hydrogen (secondary N) is 2. The van der Waals surface area contributed by atoms with Crippen LogP contribution < -0.4 is 10.6 Å². The summed E-state index contributed by atoms with van der Waals surface area (Å²) in [6, 6.07) is 10.2. The van der Waals surface area contributed by atoms with E-state index in [9.17, 15) is 22.4 Å². The molecule has 0 spiro atoms. The minimum absolute atomic E-state index is 0.0520. The Kier molecular flexibility index (Phi) is 8.27. The second-order valence-corrected chi connectivity index (χ2v) is 10.7. The van der Waals surface area contributed by atoms with E-state index in [0.717, 1.165) is 17.3 Å². The Morgan fingerprint density at radius 1 is 1.06 bits per heavy atom. The molecule has 0 aliphatic carbocycles.